The van der Waals surface area contributed by atoms with Crippen LogP contribution in [0.25, 0.3) is 0 Å². The van der Waals surface area contributed by atoms with Crippen LogP contribution in [-0.2, 0) is 4.79 Å². The molecule has 0 saturated carbocycles. The molecule has 52 valence electrons. The zero-order valence-corrected chi connectivity index (χ0v) is 5.41. The first-order valence-electron chi connectivity index (χ1n) is 4.70. The fourth-order valence-electron chi connectivity index (χ4n) is 0.489. The molecule has 9 heavy (non-hydrogen) atoms. The number of amides is 1. The maximum Gasteiger partial charge on any atom is 0.239 e. The molecule has 0 aromatic carbocycles. The Bertz CT molecular complexity index is 251. The molecule has 0 bridgehead atoms. The smallest absolute Gasteiger partial charge is 0.239 e. The lowest BCUT2D eigenvalue weighted by atomic mass is 10.0. The van der Waals surface area contributed by atoms with E-state index in [2.05, 4.69) is 5.32 Å². The third kappa shape index (κ3) is 1.21. The van der Waals surface area contributed by atoms with Crippen LogP contribution >= 0.6 is 0 Å². The fraction of sp³-hybridized carbons (Fsp3) is 0.833. The van der Waals surface area contributed by atoms with Crippen molar-refractivity contribution in [3.8, 4) is 0 Å². The predicted molar refractivity (Wildman–Crippen MR) is 35.1 cm³/mol. The second-order valence-corrected chi connectivity index (χ2v) is 2.45. The fourth-order valence-corrected chi connectivity index (χ4v) is 0.489. The average molecular weight is 132 g/mol. The zero-order chi connectivity index (χ0) is 10.5. The molecule has 0 aliphatic carbocycles. The van der Waals surface area contributed by atoms with Crippen molar-refractivity contribution in [2.24, 2.45) is 0 Å². The monoisotopic (exact) mass is 132 g/mol. The Morgan fingerprint density at radius 2 is 2.33 bits per heavy atom. The topological polar surface area (TPSA) is 41.1 Å². The number of nitrogens with one attached hydrogen (secondary N) is 2. The molecule has 1 heterocycles. The summed E-state index contributed by atoms with van der Waals surface area (Å²) in [5.41, 5.74) is -1.09. The van der Waals surface area contributed by atoms with Crippen molar-refractivity contribution in [3.05, 3.63) is 0 Å². The van der Waals surface area contributed by atoms with E-state index in [0.717, 1.165) is 0 Å². The van der Waals surface area contributed by atoms with Crippen molar-refractivity contribution >= 4 is 5.91 Å². The van der Waals surface area contributed by atoms with Gasteiger partial charge in [0, 0.05) is 15.7 Å². The van der Waals surface area contributed by atoms with E-state index in [1.807, 2.05) is 5.32 Å². The van der Waals surface area contributed by atoms with E-state index in [0.29, 0.717) is 0 Å². The van der Waals surface area contributed by atoms with Gasteiger partial charge in [-0.25, -0.2) is 0 Å². The van der Waals surface area contributed by atoms with Gasteiger partial charge in [0.05, 0.1) is 8.28 Å². The zero-order valence-electron chi connectivity index (χ0n) is 9.41. The maximum atomic E-state index is 11.2. The Labute approximate surface area is 60.4 Å². The van der Waals surface area contributed by atoms with Crippen LogP contribution in [0.3, 0.4) is 0 Å². The molecule has 0 atom stereocenters. The molecular formula is C6H12N2O. The van der Waals surface area contributed by atoms with Crippen LogP contribution in [-0.4, -0.2) is 24.4 Å². The lowest BCUT2D eigenvalue weighted by Gasteiger charge is -2.29. The Kier molecular flexibility index (Phi) is 0.665. The van der Waals surface area contributed by atoms with Gasteiger partial charge in [-0.1, -0.05) is 0 Å². The molecule has 1 rings (SSSR count). The van der Waals surface area contributed by atoms with Crippen LogP contribution in [0.1, 0.15) is 19.3 Å². The number of piperazine rings is 1. The van der Waals surface area contributed by atoms with E-state index < -0.39 is 24.4 Å². The molecule has 3 heteroatoms. The average Bonchev–Trinajstić information content (AvgIpc) is 1.80. The third-order valence-electron chi connectivity index (χ3n) is 1.18. The van der Waals surface area contributed by atoms with Gasteiger partial charge in [0.1, 0.15) is 0 Å². The number of carbonyl (C=O) groups excluding carboxylic acids is 1. The second kappa shape index (κ2) is 1.99. The van der Waals surface area contributed by atoms with Gasteiger partial charge in [-0.3, -0.25) is 4.79 Å². The first-order valence-corrected chi connectivity index (χ1v) is 2.70. The normalized spacial score (nSPS) is 43.1. The highest BCUT2D eigenvalue weighted by Gasteiger charge is 2.28. The molecule has 0 unspecified atom stereocenters. The maximum absolute atomic E-state index is 11.2. The summed E-state index contributed by atoms with van der Waals surface area (Å²) in [5.74, 6) is -0.548. The summed E-state index contributed by atoms with van der Waals surface area (Å²) >= 11 is 0. The first-order chi connectivity index (χ1) is 5.58. The SMILES string of the molecule is [2H]C1([2H])NC(=O)C(C)(C)NC1([2H])[2H]. The van der Waals surface area contributed by atoms with Crippen LogP contribution in [0.5, 0.6) is 0 Å². The summed E-state index contributed by atoms with van der Waals surface area (Å²) in [5, 5.41) is 4.31. The van der Waals surface area contributed by atoms with Crippen molar-refractivity contribution < 1.29 is 10.3 Å². The van der Waals surface area contributed by atoms with Crippen LogP contribution < -0.4 is 10.6 Å². The number of hydrogen-bond donors (Lipinski definition) is 2. The molecule has 0 radical (unpaired) electrons. The van der Waals surface area contributed by atoms with Gasteiger partial charge in [-0.05, 0) is 13.8 Å². The third-order valence-corrected chi connectivity index (χ3v) is 1.18. The molecule has 0 aromatic heterocycles. The van der Waals surface area contributed by atoms with Gasteiger partial charge in [-0.2, -0.15) is 0 Å². The summed E-state index contributed by atoms with van der Waals surface area (Å²) in [6.45, 7) is -1.64. The van der Waals surface area contributed by atoms with E-state index in [-0.39, 0.29) is 0 Å². The summed E-state index contributed by atoms with van der Waals surface area (Å²) in [6.07, 6.45) is 0. The highest BCUT2D eigenvalue weighted by atomic mass is 16.2. The van der Waals surface area contributed by atoms with Crippen LogP contribution in [0.15, 0.2) is 0 Å². The van der Waals surface area contributed by atoms with Crippen molar-refractivity contribution in [1.29, 1.82) is 0 Å². The minimum Gasteiger partial charge on any atom is -0.353 e. The minimum absolute atomic E-state index is 0.548. The molecule has 2 N–H and O–H groups in total. The van der Waals surface area contributed by atoms with Gasteiger partial charge in [0.25, 0.3) is 0 Å². The van der Waals surface area contributed by atoms with Gasteiger partial charge in [0.15, 0.2) is 0 Å². The van der Waals surface area contributed by atoms with Crippen LogP contribution in [0, 0.1) is 0 Å². The van der Waals surface area contributed by atoms with E-state index in [1.54, 1.807) is 0 Å². The lowest BCUT2D eigenvalue weighted by molar-refractivity contribution is -0.127. The van der Waals surface area contributed by atoms with E-state index in [1.165, 1.54) is 13.8 Å². The minimum atomic E-state index is -2.38. The molecule has 0 spiro atoms. The molecule has 1 aliphatic rings. The van der Waals surface area contributed by atoms with Gasteiger partial charge in [0.2, 0.25) is 5.91 Å². The molecule has 3 nitrogen and oxygen atoms in total. The Morgan fingerprint density at radius 1 is 1.67 bits per heavy atom. The van der Waals surface area contributed by atoms with Crippen molar-refractivity contribution in [1.82, 2.24) is 10.6 Å². The second-order valence-electron chi connectivity index (χ2n) is 2.45. The van der Waals surface area contributed by atoms with Gasteiger partial charge in [-0.15, -0.1) is 0 Å². The Morgan fingerprint density at radius 3 is 2.89 bits per heavy atom. The van der Waals surface area contributed by atoms with E-state index >= 15 is 0 Å². The van der Waals surface area contributed by atoms with Crippen molar-refractivity contribution in [2.45, 2.75) is 19.4 Å². The molecule has 1 aliphatic heterocycles. The highest BCUT2D eigenvalue weighted by molar-refractivity contribution is 5.86. The lowest BCUT2D eigenvalue weighted by Crippen LogP contribution is -2.59. The standard InChI is InChI=1S/C6H12N2O/c1-6(2)5(9)7-3-4-8-6/h8H,3-4H2,1-2H3,(H,7,9)/i3D2,4D2. The molecule has 1 fully saturated rings. The summed E-state index contributed by atoms with van der Waals surface area (Å²) < 4.78 is 29.1. The van der Waals surface area contributed by atoms with Crippen molar-refractivity contribution in [3.63, 3.8) is 0 Å². The molecular weight excluding hydrogens is 116 g/mol. The number of rotatable bonds is 0. The van der Waals surface area contributed by atoms with E-state index in [4.69, 9.17) is 5.48 Å². The van der Waals surface area contributed by atoms with Gasteiger partial charge >= 0.3 is 0 Å². The van der Waals surface area contributed by atoms with Crippen molar-refractivity contribution in [2.75, 3.05) is 13.0 Å². The largest absolute Gasteiger partial charge is 0.353 e. The summed E-state index contributed by atoms with van der Waals surface area (Å²) in [4.78, 5) is 11.2. The quantitative estimate of drug-likeness (QED) is 0.466. The highest BCUT2D eigenvalue weighted by Crippen LogP contribution is 2.03. The Balaban J connectivity index is 3.00. The predicted octanol–water partition coefficient (Wildman–Crippen LogP) is -0.516. The molecule has 1 amide bonds. The Hall–Kier alpha value is -0.570. The summed E-state index contributed by atoms with van der Waals surface area (Å²) in [6, 6.07) is 0. The molecule has 0 aromatic rings. The van der Waals surface area contributed by atoms with Gasteiger partial charge < -0.3 is 10.6 Å². The van der Waals surface area contributed by atoms with E-state index in [9.17, 15) is 4.79 Å². The first kappa shape index (κ1) is 3.01. The molecule has 1 saturated heterocycles. The van der Waals surface area contributed by atoms with Crippen LogP contribution in [0.4, 0.5) is 0 Å². The van der Waals surface area contributed by atoms with Crippen LogP contribution in [0.2, 0.25) is 0 Å². The summed E-state index contributed by atoms with van der Waals surface area (Å²) in [7, 11) is 0. The number of hydrogen-bond acceptors (Lipinski definition) is 2. The number of carbonyl (C=O) groups is 1.